The fourth-order valence-corrected chi connectivity index (χ4v) is 6.91. The summed E-state index contributed by atoms with van der Waals surface area (Å²) in [6.45, 7) is 1.91. The van der Waals surface area contributed by atoms with Gasteiger partial charge in [-0.05, 0) is 55.0 Å². The van der Waals surface area contributed by atoms with Crippen LogP contribution in [0, 0.1) is 12.8 Å². The normalized spacial score (nSPS) is 21.3. The van der Waals surface area contributed by atoms with Crippen molar-refractivity contribution in [2.45, 2.75) is 23.8 Å². The summed E-state index contributed by atoms with van der Waals surface area (Å²) >= 11 is 0. The Morgan fingerprint density at radius 1 is 0.943 bits per heavy atom. The number of sulfonamides is 1. The number of ether oxygens (including phenoxy) is 1. The molecule has 0 spiro atoms. The first-order chi connectivity index (χ1) is 16.9. The van der Waals surface area contributed by atoms with Gasteiger partial charge in [-0.2, -0.15) is 0 Å². The molecule has 0 fully saturated rings. The lowest BCUT2D eigenvalue weighted by molar-refractivity contribution is -0.118. The lowest BCUT2D eigenvalue weighted by Crippen LogP contribution is -2.49. The lowest BCUT2D eigenvalue weighted by Gasteiger charge is -2.40. The van der Waals surface area contributed by atoms with Gasteiger partial charge in [0.25, 0.3) is 10.0 Å². The number of benzene rings is 3. The fourth-order valence-electron chi connectivity index (χ4n) is 5.25. The molecule has 0 saturated heterocycles. The number of aryl methyl sites for hydroxylation is 1. The average molecular weight is 486 g/mol. The van der Waals surface area contributed by atoms with Crippen LogP contribution in [0.25, 0.3) is 11.0 Å². The van der Waals surface area contributed by atoms with E-state index in [1.807, 2.05) is 55.5 Å². The number of methoxy groups -OCH3 is 1. The summed E-state index contributed by atoms with van der Waals surface area (Å²) in [7, 11) is -2.40. The second-order valence-corrected chi connectivity index (χ2v) is 10.8. The van der Waals surface area contributed by atoms with Crippen LogP contribution in [0.3, 0.4) is 0 Å². The predicted molar refractivity (Wildman–Crippen MR) is 133 cm³/mol. The van der Waals surface area contributed by atoms with Gasteiger partial charge in [-0.15, -0.1) is 0 Å². The zero-order valence-electron chi connectivity index (χ0n) is 19.2. The minimum atomic E-state index is -4.00. The van der Waals surface area contributed by atoms with Gasteiger partial charge in [0.1, 0.15) is 22.8 Å². The minimum absolute atomic E-state index is 0.119. The molecule has 7 heteroatoms. The molecule has 6 nitrogen and oxygen atoms in total. The molecular formula is C28H23NO5S. The van der Waals surface area contributed by atoms with Crippen molar-refractivity contribution in [3.8, 4) is 5.75 Å². The number of nitrogens with zero attached hydrogens (tertiary/aromatic N) is 1. The molecule has 2 heterocycles. The Morgan fingerprint density at radius 2 is 1.66 bits per heavy atom. The number of para-hydroxylation sites is 1. The first-order valence-electron chi connectivity index (χ1n) is 11.4. The van der Waals surface area contributed by atoms with Crippen molar-refractivity contribution < 1.29 is 22.4 Å². The second kappa shape index (κ2) is 7.85. The molecule has 0 saturated carbocycles. The van der Waals surface area contributed by atoms with Crippen LogP contribution < -0.4 is 9.04 Å². The third-order valence-electron chi connectivity index (χ3n) is 6.94. The van der Waals surface area contributed by atoms with E-state index in [9.17, 15) is 13.2 Å². The molecule has 176 valence electrons. The summed E-state index contributed by atoms with van der Waals surface area (Å²) in [6.07, 6.45) is 3.21. The van der Waals surface area contributed by atoms with E-state index in [0.717, 1.165) is 11.1 Å². The summed E-state index contributed by atoms with van der Waals surface area (Å²) in [4.78, 5) is 13.4. The predicted octanol–water partition coefficient (Wildman–Crippen LogP) is 5.21. The highest BCUT2D eigenvalue weighted by molar-refractivity contribution is 7.93. The van der Waals surface area contributed by atoms with E-state index < -0.39 is 27.9 Å². The van der Waals surface area contributed by atoms with Crippen LogP contribution in [-0.4, -0.2) is 27.4 Å². The molecule has 6 rings (SSSR count). The number of fused-ring (bicyclic) bond motifs is 4. The highest BCUT2D eigenvalue weighted by Gasteiger charge is 2.52. The van der Waals surface area contributed by atoms with Crippen LogP contribution in [0.15, 0.2) is 94.3 Å². The minimum Gasteiger partial charge on any atom is -0.497 e. The molecule has 1 aromatic heterocycles. The van der Waals surface area contributed by atoms with Crippen LogP contribution in [0.5, 0.6) is 5.75 Å². The Bertz CT molecular complexity index is 1580. The van der Waals surface area contributed by atoms with Crippen LogP contribution >= 0.6 is 0 Å². The Morgan fingerprint density at radius 3 is 2.37 bits per heavy atom. The van der Waals surface area contributed by atoms with Gasteiger partial charge in [0.15, 0.2) is 5.78 Å². The highest BCUT2D eigenvalue weighted by atomic mass is 32.2. The van der Waals surface area contributed by atoms with Crippen molar-refractivity contribution in [1.29, 1.82) is 0 Å². The Kier molecular flexibility index (Phi) is 4.86. The number of hydrogen-bond donors (Lipinski definition) is 0. The Balaban J connectivity index is 1.63. The monoisotopic (exact) mass is 485 g/mol. The van der Waals surface area contributed by atoms with Gasteiger partial charge in [-0.1, -0.05) is 48.0 Å². The quantitative estimate of drug-likeness (QED) is 0.396. The molecule has 1 aliphatic heterocycles. The molecular weight excluding hydrogens is 462 g/mol. The third-order valence-corrected chi connectivity index (χ3v) is 8.75. The molecule has 0 amide bonds. The molecule has 35 heavy (non-hydrogen) atoms. The molecule has 4 aromatic rings. The number of furan rings is 1. The lowest BCUT2D eigenvalue weighted by atomic mass is 9.77. The first kappa shape index (κ1) is 21.7. The zero-order chi connectivity index (χ0) is 24.3. The number of hydrogen-bond acceptors (Lipinski definition) is 5. The van der Waals surface area contributed by atoms with Crippen molar-refractivity contribution in [2.75, 3.05) is 11.4 Å². The summed E-state index contributed by atoms with van der Waals surface area (Å²) < 4.78 is 41.2. The Hall–Kier alpha value is -3.84. The van der Waals surface area contributed by atoms with Gasteiger partial charge in [0.05, 0.1) is 29.9 Å². The smallest absolute Gasteiger partial charge is 0.265 e. The number of allylic oxidation sites excluding steroid dienone is 1. The largest absolute Gasteiger partial charge is 0.497 e. The van der Waals surface area contributed by atoms with E-state index in [-0.39, 0.29) is 10.7 Å². The van der Waals surface area contributed by atoms with Gasteiger partial charge >= 0.3 is 0 Å². The van der Waals surface area contributed by atoms with Crippen LogP contribution in [0.4, 0.5) is 5.69 Å². The van der Waals surface area contributed by atoms with Gasteiger partial charge in [0.2, 0.25) is 0 Å². The Labute approximate surface area is 203 Å². The number of rotatable bonds is 4. The molecule has 0 radical (unpaired) electrons. The summed E-state index contributed by atoms with van der Waals surface area (Å²) in [5, 5.41) is 0.697. The second-order valence-electron chi connectivity index (χ2n) is 8.95. The number of carbonyl (C=O) groups excluding carboxylic acids is 1. The summed E-state index contributed by atoms with van der Waals surface area (Å²) in [6, 6.07) is 21.0. The van der Waals surface area contributed by atoms with E-state index in [1.165, 1.54) is 10.4 Å². The van der Waals surface area contributed by atoms with E-state index in [1.54, 1.807) is 37.5 Å². The fraction of sp³-hybridized carbons (Fsp3) is 0.179. The average Bonchev–Trinajstić information content (AvgIpc) is 3.43. The van der Waals surface area contributed by atoms with Gasteiger partial charge in [0, 0.05) is 5.39 Å². The van der Waals surface area contributed by atoms with E-state index in [0.29, 0.717) is 28.2 Å². The van der Waals surface area contributed by atoms with E-state index >= 15 is 0 Å². The first-order valence-corrected chi connectivity index (χ1v) is 12.8. The molecule has 2 aliphatic rings. The molecule has 0 N–H and O–H groups in total. The highest BCUT2D eigenvalue weighted by Crippen LogP contribution is 2.53. The van der Waals surface area contributed by atoms with Gasteiger partial charge < -0.3 is 9.15 Å². The van der Waals surface area contributed by atoms with Crippen molar-refractivity contribution in [2.24, 2.45) is 5.92 Å². The maximum absolute atomic E-state index is 14.1. The maximum atomic E-state index is 14.1. The maximum Gasteiger partial charge on any atom is 0.265 e. The van der Waals surface area contributed by atoms with Crippen LogP contribution in [0.2, 0.25) is 0 Å². The number of anilines is 1. The van der Waals surface area contributed by atoms with E-state index in [4.69, 9.17) is 9.15 Å². The van der Waals surface area contributed by atoms with Crippen molar-refractivity contribution in [1.82, 2.24) is 0 Å². The molecule has 3 aromatic carbocycles. The molecule has 1 aliphatic carbocycles. The summed E-state index contributed by atoms with van der Waals surface area (Å²) in [5.74, 6) is -0.0290. The van der Waals surface area contributed by atoms with E-state index in [2.05, 4.69) is 0 Å². The third kappa shape index (κ3) is 3.22. The van der Waals surface area contributed by atoms with Crippen molar-refractivity contribution in [3.05, 3.63) is 102 Å². The van der Waals surface area contributed by atoms with Crippen molar-refractivity contribution >= 4 is 32.5 Å². The molecule has 0 unspecified atom stereocenters. The standard InChI is InChI=1S/C28H23NO5S/c1-17-7-13-20(14-8-17)35(31,32)29-22-15-16-23(30)26(22)25(18-9-11-19(33-2)12-10-18)28-27(29)21-5-3-4-6-24(21)34-28/h3-16,22,25-26H,1-2H3/t22-,25+,26-/m1/s1. The molecule has 0 bridgehead atoms. The number of ketones is 1. The van der Waals surface area contributed by atoms with Crippen molar-refractivity contribution in [3.63, 3.8) is 0 Å². The zero-order valence-corrected chi connectivity index (χ0v) is 20.0. The summed E-state index contributed by atoms with van der Waals surface area (Å²) in [5.41, 5.74) is 2.90. The van der Waals surface area contributed by atoms with Gasteiger partial charge in [-0.25, -0.2) is 8.42 Å². The topological polar surface area (TPSA) is 76.8 Å². The van der Waals surface area contributed by atoms with Gasteiger partial charge in [-0.3, -0.25) is 9.10 Å². The van der Waals surface area contributed by atoms with Crippen LogP contribution in [0.1, 0.15) is 22.8 Å². The number of carbonyl (C=O) groups is 1. The van der Waals surface area contributed by atoms with Crippen LogP contribution in [-0.2, 0) is 14.8 Å². The molecule has 3 atom stereocenters. The SMILES string of the molecule is COc1ccc([C@@H]2c3oc4ccccc4c3N(S(=O)(=O)c3ccc(C)cc3)[C@@H]3C=CC(=O)[C@H]23)cc1.